The molecule has 0 saturated carbocycles. The summed E-state index contributed by atoms with van der Waals surface area (Å²) in [6.45, 7) is 5.05. The normalized spacial score (nSPS) is 11.6. The fraction of sp³-hybridized carbons (Fsp3) is 0.400. The van der Waals surface area contributed by atoms with Gasteiger partial charge in [-0.2, -0.15) is 4.31 Å². The first-order chi connectivity index (χ1) is 12.9. The van der Waals surface area contributed by atoms with Crippen LogP contribution in [0.5, 0.6) is 0 Å². The Kier molecular flexibility index (Phi) is 7.50. The Morgan fingerprint density at radius 2 is 1.70 bits per heavy atom. The van der Waals surface area contributed by atoms with Crippen LogP contribution in [0.15, 0.2) is 53.7 Å². The molecular weight excluding hydrogens is 362 g/mol. The monoisotopic (exact) mass is 389 g/mol. The minimum atomic E-state index is -3.45. The van der Waals surface area contributed by atoms with Gasteiger partial charge >= 0.3 is 0 Å². The van der Waals surface area contributed by atoms with Gasteiger partial charge in [-0.15, -0.1) is 0 Å². The molecule has 2 aromatic rings. The van der Waals surface area contributed by atoms with E-state index in [0.29, 0.717) is 32.5 Å². The van der Waals surface area contributed by atoms with Gasteiger partial charge in [0.15, 0.2) is 0 Å². The molecule has 1 heterocycles. The Balaban J connectivity index is 1.94. The van der Waals surface area contributed by atoms with Crippen molar-refractivity contribution in [3.63, 3.8) is 0 Å². The van der Waals surface area contributed by atoms with E-state index >= 15 is 0 Å². The van der Waals surface area contributed by atoms with Crippen molar-refractivity contribution in [3.05, 3.63) is 59.9 Å². The van der Waals surface area contributed by atoms with E-state index in [0.717, 1.165) is 11.1 Å². The molecule has 27 heavy (non-hydrogen) atoms. The van der Waals surface area contributed by atoms with E-state index in [-0.39, 0.29) is 10.8 Å². The van der Waals surface area contributed by atoms with E-state index in [9.17, 15) is 13.2 Å². The van der Waals surface area contributed by atoms with E-state index in [4.69, 9.17) is 0 Å². The number of hydrogen-bond acceptors (Lipinski definition) is 4. The van der Waals surface area contributed by atoms with Crippen molar-refractivity contribution in [3.8, 4) is 0 Å². The van der Waals surface area contributed by atoms with Crippen molar-refractivity contribution in [2.45, 2.75) is 38.1 Å². The van der Waals surface area contributed by atoms with Crippen molar-refractivity contribution in [1.82, 2.24) is 14.2 Å². The van der Waals surface area contributed by atoms with Crippen LogP contribution in [0.3, 0.4) is 0 Å². The fourth-order valence-corrected chi connectivity index (χ4v) is 4.29. The Hall–Kier alpha value is -2.25. The summed E-state index contributed by atoms with van der Waals surface area (Å²) in [5, 5.41) is 0. The largest absolute Gasteiger partial charge is 0.341 e. The molecule has 0 aliphatic rings. The number of rotatable bonds is 9. The van der Waals surface area contributed by atoms with Crippen LogP contribution in [-0.4, -0.2) is 48.7 Å². The second-order valence-corrected chi connectivity index (χ2v) is 8.28. The molecule has 1 amide bonds. The zero-order chi connectivity index (χ0) is 19.9. The number of carbonyl (C=O) groups excluding carboxylic acids is 1. The van der Waals surface area contributed by atoms with Crippen molar-refractivity contribution in [2.75, 3.05) is 20.1 Å². The van der Waals surface area contributed by atoms with E-state index in [1.54, 1.807) is 48.6 Å². The van der Waals surface area contributed by atoms with Gasteiger partial charge in [0, 0.05) is 45.5 Å². The van der Waals surface area contributed by atoms with Crippen molar-refractivity contribution >= 4 is 15.9 Å². The summed E-state index contributed by atoms with van der Waals surface area (Å²) in [7, 11) is -1.67. The van der Waals surface area contributed by atoms with Gasteiger partial charge in [0.05, 0.1) is 4.90 Å². The average molecular weight is 390 g/mol. The third-order valence-corrected chi connectivity index (χ3v) is 6.53. The van der Waals surface area contributed by atoms with E-state index in [1.165, 1.54) is 4.31 Å². The van der Waals surface area contributed by atoms with Gasteiger partial charge in [0.2, 0.25) is 15.9 Å². The number of amides is 1. The zero-order valence-corrected chi connectivity index (χ0v) is 16.9. The Morgan fingerprint density at radius 1 is 1.04 bits per heavy atom. The van der Waals surface area contributed by atoms with Gasteiger partial charge in [-0.3, -0.25) is 9.78 Å². The van der Waals surface area contributed by atoms with Gasteiger partial charge in [-0.1, -0.05) is 32.0 Å². The molecular formula is C20H27N3O3S. The van der Waals surface area contributed by atoms with E-state index in [1.807, 2.05) is 26.0 Å². The summed E-state index contributed by atoms with van der Waals surface area (Å²) in [6.07, 6.45) is 4.40. The van der Waals surface area contributed by atoms with Gasteiger partial charge in [-0.05, 0) is 35.7 Å². The highest BCUT2D eigenvalue weighted by atomic mass is 32.2. The molecule has 0 atom stereocenters. The number of aryl methyl sites for hydroxylation is 1. The minimum Gasteiger partial charge on any atom is -0.341 e. The molecule has 0 saturated heterocycles. The number of pyridine rings is 1. The molecule has 0 aliphatic carbocycles. The molecule has 7 heteroatoms. The lowest BCUT2D eigenvalue weighted by Crippen LogP contribution is -2.30. The van der Waals surface area contributed by atoms with Crippen LogP contribution < -0.4 is 0 Å². The van der Waals surface area contributed by atoms with Crippen LogP contribution in [0.25, 0.3) is 0 Å². The van der Waals surface area contributed by atoms with Crippen LogP contribution in [0.1, 0.15) is 31.4 Å². The highest BCUT2D eigenvalue weighted by Gasteiger charge is 2.21. The van der Waals surface area contributed by atoms with Crippen molar-refractivity contribution in [2.24, 2.45) is 0 Å². The third-order valence-electron chi connectivity index (χ3n) is 4.46. The third kappa shape index (κ3) is 5.61. The summed E-state index contributed by atoms with van der Waals surface area (Å²) in [5.74, 6) is 0.0405. The topological polar surface area (TPSA) is 70.6 Å². The molecule has 0 spiro atoms. The second kappa shape index (κ2) is 9.62. The van der Waals surface area contributed by atoms with E-state index < -0.39 is 10.0 Å². The standard InChI is InChI=1S/C20H27N3O3S/c1-4-23(5-2)27(25,26)19-11-8-17(9-12-19)10-13-20(24)22(3)16-18-7-6-14-21-15-18/h6-9,11-12,14-15H,4-5,10,13,16H2,1-3H3. The second-order valence-electron chi connectivity index (χ2n) is 6.34. The maximum absolute atomic E-state index is 12.5. The molecule has 2 rings (SSSR count). The van der Waals surface area contributed by atoms with Crippen LogP contribution >= 0.6 is 0 Å². The SMILES string of the molecule is CCN(CC)S(=O)(=O)c1ccc(CCC(=O)N(C)Cc2cccnc2)cc1. The molecule has 1 aromatic carbocycles. The van der Waals surface area contributed by atoms with Gasteiger partial charge in [0.25, 0.3) is 0 Å². The number of nitrogens with zero attached hydrogens (tertiary/aromatic N) is 3. The Morgan fingerprint density at radius 3 is 2.26 bits per heavy atom. The molecule has 0 fully saturated rings. The molecule has 0 radical (unpaired) electrons. The minimum absolute atomic E-state index is 0.0405. The summed E-state index contributed by atoms with van der Waals surface area (Å²) in [4.78, 5) is 18.3. The lowest BCUT2D eigenvalue weighted by Gasteiger charge is -2.19. The number of hydrogen-bond donors (Lipinski definition) is 0. The zero-order valence-electron chi connectivity index (χ0n) is 16.1. The summed E-state index contributed by atoms with van der Waals surface area (Å²) in [5.41, 5.74) is 1.93. The van der Waals surface area contributed by atoms with Gasteiger partial charge in [-0.25, -0.2) is 8.42 Å². The van der Waals surface area contributed by atoms with Gasteiger partial charge in [0.1, 0.15) is 0 Å². The summed E-state index contributed by atoms with van der Waals surface area (Å²) >= 11 is 0. The number of sulfonamides is 1. The van der Waals surface area contributed by atoms with Crippen LogP contribution in [0, 0.1) is 0 Å². The van der Waals surface area contributed by atoms with Crippen LogP contribution in [0.4, 0.5) is 0 Å². The Labute approximate surface area is 161 Å². The van der Waals surface area contributed by atoms with E-state index in [2.05, 4.69) is 4.98 Å². The molecule has 6 nitrogen and oxygen atoms in total. The maximum atomic E-state index is 12.5. The molecule has 146 valence electrons. The van der Waals surface area contributed by atoms with Gasteiger partial charge < -0.3 is 4.90 Å². The molecule has 0 aliphatic heterocycles. The first kappa shape index (κ1) is 21.1. The lowest BCUT2D eigenvalue weighted by molar-refractivity contribution is -0.130. The van der Waals surface area contributed by atoms with Crippen molar-refractivity contribution in [1.29, 1.82) is 0 Å². The van der Waals surface area contributed by atoms with Crippen molar-refractivity contribution < 1.29 is 13.2 Å². The molecule has 0 bridgehead atoms. The number of benzene rings is 1. The molecule has 1 aromatic heterocycles. The average Bonchev–Trinajstić information content (AvgIpc) is 2.68. The predicted octanol–water partition coefficient (Wildman–Crippen LogP) is 2.70. The lowest BCUT2D eigenvalue weighted by atomic mass is 10.1. The fourth-order valence-electron chi connectivity index (χ4n) is 2.84. The Bertz CT molecular complexity index is 833. The molecule has 0 N–H and O–H groups in total. The number of carbonyl (C=O) groups is 1. The quantitative estimate of drug-likeness (QED) is 0.661. The highest BCUT2D eigenvalue weighted by molar-refractivity contribution is 7.89. The smallest absolute Gasteiger partial charge is 0.243 e. The van der Waals surface area contributed by atoms with Crippen LogP contribution in [-0.2, 0) is 27.8 Å². The summed E-state index contributed by atoms with van der Waals surface area (Å²) < 4.78 is 26.4. The first-order valence-electron chi connectivity index (χ1n) is 9.10. The maximum Gasteiger partial charge on any atom is 0.243 e. The predicted molar refractivity (Wildman–Crippen MR) is 106 cm³/mol. The van der Waals surface area contributed by atoms with Crippen LogP contribution in [0.2, 0.25) is 0 Å². The number of aromatic nitrogens is 1. The first-order valence-corrected chi connectivity index (χ1v) is 10.5. The molecule has 0 unspecified atom stereocenters. The summed E-state index contributed by atoms with van der Waals surface area (Å²) in [6, 6.07) is 10.6. The highest BCUT2D eigenvalue weighted by Crippen LogP contribution is 2.17.